The second kappa shape index (κ2) is 4.81. The molecule has 1 heterocycles. The Morgan fingerprint density at radius 2 is 1.90 bits per heavy atom. The molecule has 3 aromatic rings. The van der Waals surface area contributed by atoms with E-state index in [-0.39, 0.29) is 11.5 Å². The number of para-hydroxylation sites is 1. The summed E-state index contributed by atoms with van der Waals surface area (Å²) >= 11 is 0. The average molecular weight is 269 g/mol. The zero-order chi connectivity index (χ0) is 14.1. The quantitative estimate of drug-likeness (QED) is 0.790. The smallest absolute Gasteiger partial charge is 0.352 e. The minimum Gasteiger partial charge on any atom is -0.477 e. The van der Waals surface area contributed by atoms with E-state index in [9.17, 15) is 14.3 Å². The third-order valence-corrected chi connectivity index (χ3v) is 3.26. The second-order valence-electron chi connectivity index (χ2n) is 4.61. The normalized spacial score (nSPS) is 10.8. The van der Waals surface area contributed by atoms with Crippen molar-refractivity contribution in [2.45, 2.75) is 6.54 Å². The molecule has 0 aliphatic heterocycles. The molecule has 100 valence electrons. The predicted molar refractivity (Wildman–Crippen MR) is 74.4 cm³/mol. The molecular weight excluding hydrogens is 257 g/mol. The minimum absolute atomic E-state index is 0.204. The van der Waals surface area contributed by atoms with Crippen molar-refractivity contribution in [2.24, 2.45) is 0 Å². The summed E-state index contributed by atoms with van der Waals surface area (Å²) in [4.78, 5) is 11.4. The summed E-state index contributed by atoms with van der Waals surface area (Å²) in [6.45, 7) is 0.326. The maximum atomic E-state index is 13.2. The zero-order valence-corrected chi connectivity index (χ0v) is 10.6. The number of hydrogen-bond donors (Lipinski definition) is 1. The van der Waals surface area contributed by atoms with Crippen LogP contribution in [0.4, 0.5) is 4.39 Å². The van der Waals surface area contributed by atoms with Crippen LogP contribution in [-0.2, 0) is 6.54 Å². The number of fused-ring (bicyclic) bond motifs is 1. The number of hydrogen-bond acceptors (Lipinski definition) is 1. The lowest BCUT2D eigenvalue weighted by molar-refractivity contribution is 0.0686. The highest BCUT2D eigenvalue weighted by molar-refractivity contribution is 5.94. The molecule has 0 amide bonds. The van der Waals surface area contributed by atoms with Crippen LogP contribution in [0.1, 0.15) is 16.1 Å². The number of carboxylic acid groups (broad SMARTS) is 1. The van der Waals surface area contributed by atoms with Gasteiger partial charge in [0.1, 0.15) is 11.5 Å². The van der Waals surface area contributed by atoms with Crippen molar-refractivity contribution >= 4 is 16.9 Å². The van der Waals surface area contributed by atoms with E-state index in [1.165, 1.54) is 12.1 Å². The van der Waals surface area contributed by atoms with Gasteiger partial charge in [-0.05, 0) is 29.8 Å². The maximum Gasteiger partial charge on any atom is 0.352 e. The van der Waals surface area contributed by atoms with Crippen molar-refractivity contribution in [3.05, 3.63) is 71.7 Å². The summed E-state index contributed by atoms with van der Waals surface area (Å²) in [5.74, 6) is -1.31. The molecule has 0 saturated carbocycles. The van der Waals surface area contributed by atoms with Crippen molar-refractivity contribution < 1.29 is 14.3 Å². The first-order valence-corrected chi connectivity index (χ1v) is 6.21. The lowest BCUT2D eigenvalue weighted by Crippen LogP contribution is -2.09. The number of nitrogens with zero attached hydrogens (tertiary/aromatic N) is 1. The van der Waals surface area contributed by atoms with Gasteiger partial charge in [0.15, 0.2) is 0 Å². The van der Waals surface area contributed by atoms with Gasteiger partial charge in [-0.25, -0.2) is 9.18 Å². The van der Waals surface area contributed by atoms with Crippen molar-refractivity contribution in [2.75, 3.05) is 0 Å². The Labute approximate surface area is 114 Å². The van der Waals surface area contributed by atoms with Crippen LogP contribution >= 0.6 is 0 Å². The van der Waals surface area contributed by atoms with Crippen LogP contribution < -0.4 is 0 Å². The topological polar surface area (TPSA) is 42.2 Å². The number of carboxylic acids is 1. The number of benzene rings is 2. The summed E-state index contributed by atoms with van der Waals surface area (Å²) in [6.07, 6.45) is 0. The number of rotatable bonds is 3. The number of halogens is 1. The molecule has 20 heavy (non-hydrogen) atoms. The van der Waals surface area contributed by atoms with E-state index in [1.54, 1.807) is 22.8 Å². The fraction of sp³-hybridized carbons (Fsp3) is 0.0625. The van der Waals surface area contributed by atoms with Gasteiger partial charge in [0.25, 0.3) is 0 Å². The Balaban J connectivity index is 2.14. The summed E-state index contributed by atoms with van der Waals surface area (Å²) in [6, 6.07) is 15.3. The third kappa shape index (κ3) is 2.16. The van der Waals surface area contributed by atoms with Crippen LogP contribution in [0.5, 0.6) is 0 Å². The molecule has 2 aromatic carbocycles. The van der Waals surface area contributed by atoms with Crippen LogP contribution in [-0.4, -0.2) is 15.6 Å². The SMILES string of the molecule is O=C(O)c1cc2ccccc2n1Cc1cccc(F)c1. The zero-order valence-electron chi connectivity index (χ0n) is 10.6. The molecule has 1 N–H and O–H groups in total. The van der Waals surface area contributed by atoms with Crippen LogP contribution in [0.3, 0.4) is 0 Å². The molecule has 3 rings (SSSR count). The summed E-state index contributed by atoms with van der Waals surface area (Å²) < 4.78 is 14.9. The van der Waals surface area contributed by atoms with Crippen LogP contribution in [0.15, 0.2) is 54.6 Å². The van der Waals surface area contributed by atoms with Gasteiger partial charge < -0.3 is 9.67 Å². The Morgan fingerprint density at radius 3 is 2.65 bits per heavy atom. The van der Waals surface area contributed by atoms with Gasteiger partial charge in [0.2, 0.25) is 0 Å². The fourth-order valence-electron chi connectivity index (χ4n) is 2.38. The lowest BCUT2D eigenvalue weighted by atomic mass is 10.2. The molecule has 4 heteroatoms. The Morgan fingerprint density at radius 1 is 1.10 bits per heavy atom. The average Bonchev–Trinajstić information content (AvgIpc) is 2.78. The van der Waals surface area contributed by atoms with Crippen molar-refractivity contribution in [3.63, 3.8) is 0 Å². The van der Waals surface area contributed by atoms with Crippen molar-refractivity contribution in [1.82, 2.24) is 4.57 Å². The number of carbonyl (C=O) groups is 1. The molecule has 0 spiro atoms. The molecule has 1 aromatic heterocycles. The molecule has 0 atom stereocenters. The van der Waals surface area contributed by atoms with Gasteiger partial charge in [-0.2, -0.15) is 0 Å². The van der Waals surface area contributed by atoms with E-state index in [0.717, 1.165) is 16.5 Å². The highest BCUT2D eigenvalue weighted by Gasteiger charge is 2.14. The first kappa shape index (κ1) is 12.4. The van der Waals surface area contributed by atoms with E-state index >= 15 is 0 Å². The van der Waals surface area contributed by atoms with Gasteiger partial charge >= 0.3 is 5.97 Å². The predicted octanol–water partition coefficient (Wildman–Crippen LogP) is 3.53. The monoisotopic (exact) mass is 269 g/mol. The van der Waals surface area contributed by atoms with Crippen molar-refractivity contribution in [3.8, 4) is 0 Å². The van der Waals surface area contributed by atoms with Gasteiger partial charge in [-0.1, -0.05) is 30.3 Å². The first-order chi connectivity index (χ1) is 9.65. The highest BCUT2D eigenvalue weighted by atomic mass is 19.1. The molecule has 0 bridgehead atoms. The van der Waals surface area contributed by atoms with Crippen LogP contribution in [0.2, 0.25) is 0 Å². The third-order valence-electron chi connectivity index (χ3n) is 3.26. The molecular formula is C16H12FNO2. The van der Waals surface area contributed by atoms with E-state index in [0.29, 0.717) is 6.54 Å². The van der Waals surface area contributed by atoms with Gasteiger partial charge in [0, 0.05) is 17.4 Å². The molecule has 0 radical (unpaired) electrons. The second-order valence-corrected chi connectivity index (χ2v) is 4.61. The first-order valence-electron chi connectivity index (χ1n) is 6.21. The fourth-order valence-corrected chi connectivity index (χ4v) is 2.38. The molecule has 0 unspecified atom stereocenters. The maximum absolute atomic E-state index is 13.2. The lowest BCUT2D eigenvalue weighted by Gasteiger charge is -2.08. The molecule has 3 nitrogen and oxygen atoms in total. The van der Waals surface area contributed by atoms with Gasteiger partial charge in [-0.3, -0.25) is 0 Å². The van der Waals surface area contributed by atoms with Gasteiger partial charge in [0.05, 0.1) is 0 Å². The summed E-state index contributed by atoms with van der Waals surface area (Å²) in [7, 11) is 0. The molecule has 0 aliphatic carbocycles. The van der Waals surface area contributed by atoms with E-state index in [4.69, 9.17) is 0 Å². The summed E-state index contributed by atoms with van der Waals surface area (Å²) in [5, 5.41) is 10.2. The Kier molecular flexibility index (Phi) is 2.99. The number of aromatic nitrogens is 1. The van der Waals surface area contributed by atoms with Crippen LogP contribution in [0, 0.1) is 5.82 Å². The molecule has 0 saturated heterocycles. The standard InChI is InChI=1S/C16H12FNO2/c17-13-6-3-4-11(8-13)10-18-14-7-2-1-5-12(14)9-15(18)16(19)20/h1-9H,10H2,(H,19,20). The van der Waals surface area contributed by atoms with E-state index in [1.807, 2.05) is 24.3 Å². The molecule has 0 aliphatic rings. The Bertz CT molecular complexity index is 792. The van der Waals surface area contributed by atoms with Crippen LogP contribution in [0.25, 0.3) is 10.9 Å². The highest BCUT2D eigenvalue weighted by Crippen LogP contribution is 2.21. The van der Waals surface area contributed by atoms with E-state index in [2.05, 4.69) is 0 Å². The van der Waals surface area contributed by atoms with E-state index < -0.39 is 5.97 Å². The molecule has 0 fully saturated rings. The van der Waals surface area contributed by atoms with Crippen molar-refractivity contribution in [1.29, 1.82) is 0 Å². The Hall–Kier alpha value is -2.62. The number of aromatic carboxylic acids is 1. The van der Waals surface area contributed by atoms with Gasteiger partial charge in [-0.15, -0.1) is 0 Å². The summed E-state index contributed by atoms with van der Waals surface area (Å²) in [5.41, 5.74) is 1.76. The largest absolute Gasteiger partial charge is 0.477 e. The minimum atomic E-state index is -0.988.